The van der Waals surface area contributed by atoms with E-state index in [1.807, 2.05) is 60.7 Å². The van der Waals surface area contributed by atoms with Gasteiger partial charge in [-0.25, -0.2) is 0 Å². The number of methoxy groups -OCH3 is 1. The summed E-state index contributed by atoms with van der Waals surface area (Å²) in [7, 11) is 1.58. The van der Waals surface area contributed by atoms with Crippen LogP contribution < -0.4 is 10.6 Å². The fourth-order valence-electron chi connectivity index (χ4n) is 3.51. The molecule has 0 fully saturated rings. The van der Waals surface area contributed by atoms with E-state index in [0.29, 0.717) is 29.2 Å². The lowest BCUT2D eigenvalue weighted by Gasteiger charge is -2.14. The molecule has 7 nitrogen and oxygen atoms in total. The Morgan fingerprint density at radius 1 is 0.857 bits per heavy atom. The lowest BCUT2D eigenvalue weighted by atomic mass is 10.2. The minimum Gasteiger partial charge on any atom is -0.385 e. The molecule has 0 unspecified atom stereocenters. The van der Waals surface area contributed by atoms with Gasteiger partial charge in [-0.2, -0.15) is 0 Å². The van der Waals surface area contributed by atoms with E-state index < -0.39 is 0 Å². The van der Waals surface area contributed by atoms with Gasteiger partial charge in [0.25, 0.3) is 17.7 Å². The fraction of sp³-hybridized carbons (Fsp3) is 0.148. The van der Waals surface area contributed by atoms with E-state index in [9.17, 15) is 14.4 Å². The Morgan fingerprint density at radius 3 is 2.17 bits per heavy atom. The topological polar surface area (TPSA) is 87.7 Å². The van der Waals surface area contributed by atoms with Gasteiger partial charge in [0.05, 0.1) is 0 Å². The van der Waals surface area contributed by atoms with Crippen molar-refractivity contribution in [3.8, 4) is 0 Å². The number of nitrogens with zero attached hydrogens (tertiary/aromatic N) is 1. The van der Waals surface area contributed by atoms with E-state index in [2.05, 4.69) is 10.6 Å². The largest absolute Gasteiger partial charge is 0.385 e. The van der Waals surface area contributed by atoms with Crippen molar-refractivity contribution in [2.24, 2.45) is 0 Å². The molecule has 0 bridgehead atoms. The molecule has 0 saturated heterocycles. The highest BCUT2D eigenvalue weighted by atomic mass is 32.2. The molecular weight excluding hydrogens is 462 g/mol. The molecule has 0 saturated carbocycles. The third kappa shape index (κ3) is 5.98. The van der Waals surface area contributed by atoms with Crippen molar-refractivity contribution in [2.75, 3.05) is 30.9 Å². The molecule has 8 heteroatoms. The summed E-state index contributed by atoms with van der Waals surface area (Å²) in [6, 6.07) is 25.4. The fourth-order valence-corrected chi connectivity index (χ4v) is 4.46. The summed E-state index contributed by atoms with van der Waals surface area (Å²) in [5.74, 6) is -0.897. The number of nitrogens with one attached hydrogen (secondary N) is 2. The molecule has 3 aromatic carbocycles. The summed E-state index contributed by atoms with van der Waals surface area (Å²) in [5, 5.41) is 5.98. The molecule has 3 amide bonds. The summed E-state index contributed by atoms with van der Waals surface area (Å²) in [6.45, 7) is 0.733. The predicted molar refractivity (Wildman–Crippen MR) is 137 cm³/mol. The average molecular weight is 488 g/mol. The van der Waals surface area contributed by atoms with Crippen LogP contribution >= 0.6 is 11.8 Å². The first-order chi connectivity index (χ1) is 17.1. The number of ether oxygens (including phenoxy) is 1. The van der Waals surface area contributed by atoms with Crippen LogP contribution in [0.15, 0.2) is 100 Å². The van der Waals surface area contributed by atoms with Crippen LogP contribution in [0.1, 0.15) is 16.8 Å². The van der Waals surface area contributed by atoms with Crippen molar-refractivity contribution in [1.82, 2.24) is 4.90 Å². The number of para-hydroxylation sites is 1. The van der Waals surface area contributed by atoms with E-state index in [1.165, 1.54) is 16.7 Å². The van der Waals surface area contributed by atoms with Crippen LogP contribution in [0, 0.1) is 0 Å². The second-order valence-electron chi connectivity index (χ2n) is 7.75. The first kappa shape index (κ1) is 24.3. The van der Waals surface area contributed by atoms with Gasteiger partial charge in [0.2, 0.25) is 0 Å². The third-order valence-corrected chi connectivity index (χ3v) is 6.36. The predicted octanol–water partition coefficient (Wildman–Crippen LogP) is 4.76. The van der Waals surface area contributed by atoms with Crippen LogP contribution in [0.2, 0.25) is 0 Å². The number of anilines is 2. The van der Waals surface area contributed by atoms with Crippen LogP contribution in [0.25, 0.3) is 0 Å². The van der Waals surface area contributed by atoms with Crippen LogP contribution in [0.5, 0.6) is 0 Å². The molecular formula is C27H25N3O4S. The zero-order chi connectivity index (χ0) is 24.6. The minimum absolute atomic E-state index is 0.202. The quantitative estimate of drug-likeness (QED) is 0.317. The van der Waals surface area contributed by atoms with Crippen molar-refractivity contribution >= 4 is 40.9 Å². The Kier molecular flexibility index (Phi) is 7.97. The second-order valence-corrected chi connectivity index (χ2v) is 8.83. The highest BCUT2D eigenvalue weighted by molar-refractivity contribution is 8.04. The molecule has 3 aromatic rings. The molecule has 0 aromatic heterocycles. The van der Waals surface area contributed by atoms with Crippen molar-refractivity contribution in [3.63, 3.8) is 0 Å². The zero-order valence-electron chi connectivity index (χ0n) is 19.2. The van der Waals surface area contributed by atoms with Crippen molar-refractivity contribution in [1.29, 1.82) is 0 Å². The molecule has 4 rings (SSSR count). The highest BCUT2D eigenvalue weighted by Crippen LogP contribution is 2.36. The van der Waals surface area contributed by atoms with Gasteiger partial charge >= 0.3 is 0 Å². The van der Waals surface area contributed by atoms with Crippen LogP contribution in [-0.4, -0.2) is 42.9 Å². The maximum Gasteiger partial charge on any atom is 0.278 e. The molecule has 1 aliphatic heterocycles. The first-order valence-corrected chi connectivity index (χ1v) is 11.9. The summed E-state index contributed by atoms with van der Waals surface area (Å²) in [6.07, 6.45) is 0.556. The maximum absolute atomic E-state index is 13.2. The van der Waals surface area contributed by atoms with Crippen LogP contribution in [-0.2, 0) is 14.3 Å². The molecule has 2 N–H and O–H groups in total. The molecule has 1 heterocycles. The van der Waals surface area contributed by atoms with Gasteiger partial charge in [-0.15, -0.1) is 0 Å². The van der Waals surface area contributed by atoms with Crippen LogP contribution in [0.4, 0.5) is 11.4 Å². The smallest absolute Gasteiger partial charge is 0.278 e. The van der Waals surface area contributed by atoms with E-state index in [-0.39, 0.29) is 30.0 Å². The summed E-state index contributed by atoms with van der Waals surface area (Å²) >= 11 is 1.22. The number of imide groups is 1. The van der Waals surface area contributed by atoms with Crippen molar-refractivity contribution in [3.05, 3.63) is 101 Å². The number of carbonyl (C=O) groups excluding carboxylic acids is 3. The van der Waals surface area contributed by atoms with E-state index in [1.54, 1.807) is 31.4 Å². The second kappa shape index (κ2) is 11.5. The van der Waals surface area contributed by atoms with Gasteiger partial charge in [-0.05, 0) is 55.0 Å². The molecule has 35 heavy (non-hydrogen) atoms. The number of thioether (sulfide) groups is 1. The SMILES string of the molecule is COCCCN1C(=O)C(Nc2ccccc2)=C(Sc2ccc(NC(=O)c3ccccc3)cc2)C1=O. The van der Waals surface area contributed by atoms with Gasteiger partial charge in [0, 0.05) is 42.1 Å². The Labute approximate surface area is 208 Å². The molecule has 0 aliphatic carbocycles. The summed E-state index contributed by atoms with van der Waals surface area (Å²) in [4.78, 5) is 41.0. The Hall–Kier alpha value is -3.88. The third-order valence-electron chi connectivity index (χ3n) is 5.27. The van der Waals surface area contributed by atoms with Gasteiger partial charge in [-0.1, -0.05) is 48.2 Å². The standard InChI is InChI=1S/C27H25N3O4S/c1-34-18-8-17-30-26(32)23(28-20-11-6-3-7-12-20)24(27(30)33)35-22-15-13-21(14-16-22)29-25(31)19-9-4-2-5-10-19/h2-7,9-16,28H,8,17-18H2,1H3,(H,29,31). The van der Waals surface area contributed by atoms with Gasteiger partial charge in [0.1, 0.15) is 10.6 Å². The Morgan fingerprint density at radius 2 is 1.51 bits per heavy atom. The summed E-state index contributed by atoms with van der Waals surface area (Å²) < 4.78 is 5.07. The van der Waals surface area contributed by atoms with Crippen LogP contribution in [0.3, 0.4) is 0 Å². The molecule has 0 atom stereocenters. The Bertz CT molecular complexity index is 1230. The highest BCUT2D eigenvalue weighted by Gasteiger charge is 2.38. The van der Waals surface area contributed by atoms with E-state index in [0.717, 1.165) is 10.6 Å². The lowest BCUT2D eigenvalue weighted by molar-refractivity contribution is -0.137. The molecule has 0 radical (unpaired) electrons. The maximum atomic E-state index is 13.2. The van der Waals surface area contributed by atoms with E-state index >= 15 is 0 Å². The van der Waals surface area contributed by atoms with Gasteiger partial charge in [0.15, 0.2) is 0 Å². The normalized spacial score (nSPS) is 13.3. The number of benzene rings is 3. The molecule has 1 aliphatic rings. The van der Waals surface area contributed by atoms with Gasteiger partial charge in [-0.3, -0.25) is 19.3 Å². The number of rotatable bonds is 10. The number of hydrogen-bond donors (Lipinski definition) is 2. The number of hydrogen-bond acceptors (Lipinski definition) is 6. The van der Waals surface area contributed by atoms with E-state index in [4.69, 9.17) is 4.74 Å². The molecule has 0 spiro atoms. The first-order valence-electron chi connectivity index (χ1n) is 11.1. The average Bonchev–Trinajstić information content (AvgIpc) is 3.10. The van der Waals surface area contributed by atoms with Gasteiger partial charge < -0.3 is 15.4 Å². The summed E-state index contributed by atoms with van der Waals surface area (Å²) in [5.41, 5.74) is 2.18. The zero-order valence-corrected chi connectivity index (χ0v) is 20.0. The van der Waals surface area contributed by atoms with Crippen molar-refractivity contribution < 1.29 is 19.1 Å². The lowest BCUT2D eigenvalue weighted by Crippen LogP contribution is -2.33. The van der Waals surface area contributed by atoms with Crippen molar-refractivity contribution in [2.45, 2.75) is 11.3 Å². The minimum atomic E-state index is -0.357. The number of amides is 3. The Balaban J connectivity index is 1.52. The monoisotopic (exact) mass is 487 g/mol. The number of carbonyl (C=O) groups is 3. The molecule has 178 valence electrons.